The van der Waals surface area contributed by atoms with Crippen LogP contribution < -0.4 is 11.1 Å². The van der Waals surface area contributed by atoms with E-state index in [2.05, 4.69) is 25.1 Å². The Hall–Kier alpha value is -1.15. The Morgan fingerprint density at radius 3 is 2.78 bits per heavy atom. The van der Waals surface area contributed by atoms with Crippen molar-refractivity contribution in [2.45, 2.75) is 6.42 Å². The second kappa shape index (κ2) is 8.10. The zero-order valence-corrected chi connectivity index (χ0v) is 14.1. The zero-order chi connectivity index (χ0) is 16.1. The van der Waals surface area contributed by atoms with Gasteiger partial charge < -0.3 is 20.7 Å². The largest absolute Gasteiger partial charge is 0.379 e. The highest BCUT2D eigenvalue weighted by atomic mass is 35.5. The highest BCUT2D eigenvalue weighted by Gasteiger charge is 2.23. The quantitative estimate of drug-likeness (QED) is 0.741. The first-order chi connectivity index (χ1) is 11.2. The van der Waals surface area contributed by atoms with Crippen molar-refractivity contribution in [2.24, 2.45) is 5.92 Å². The van der Waals surface area contributed by atoms with Gasteiger partial charge in [0.25, 0.3) is 0 Å². The second-order valence-corrected chi connectivity index (χ2v) is 6.61. The summed E-state index contributed by atoms with van der Waals surface area (Å²) in [6.45, 7) is 9.35. The maximum atomic E-state index is 5.89. The minimum absolute atomic E-state index is 0.207. The number of nitrogen functional groups attached to an aromatic ring is 1. The van der Waals surface area contributed by atoms with Crippen LogP contribution >= 0.6 is 11.6 Å². The lowest BCUT2D eigenvalue weighted by atomic mass is 10.1. The summed E-state index contributed by atoms with van der Waals surface area (Å²) in [5.41, 5.74) is 5.61. The van der Waals surface area contributed by atoms with Crippen LogP contribution in [0.5, 0.6) is 0 Å². The summed E-state index contributed by atoms with van der Waals surface area (Å²) in [5, 5.41) is 3.70. The third kappa shape index (κ3) is 5.17. The van der Waals surface area contributed by atoms with E-state index in [1.54, 1.807) is 6.07 Å². The average Bonchev–Trinajstić information content (AvgIpc) is 2.99. The number of hydrogen-bond acceptors (Lipinski definition) is 7. The summed E-state index contributed by atoms with van der Waals surface area (Å²) in [6.07, 6.45) is 1.21. The topological polar surface area (TPSA) is 79.5 Å². The van der Waals surface area contributed by atoms with Gasteiger partial charge in [-0.15, -0.1) is 0 Å². The molecule has 0 spiro atoms. The number of likely N-dealkylation sites (tertiary alicyclic amines) is 1. The molecular weight excluding hydrogens is 316 g/mol. The fourth-order valence-electron chi connectivity index (χ4n) is 3.16. The van der Waals surface area contributed by atoms with Crippen LogP contribution in [0.25, 0.3) is 0 Å². The van der Waals surface area contributed by atoms with Gasteiger partial charge in [0.2, 0.25) is 5.95 Å². The number of anilines is 2. The van der Waals surface area contributed by atoms with Crippen LogP contribution in [0.1, 0.15) is 6.42 Å². The minimum atomic E-state index is 0.207. The zero-order valence-electron chi connectivity index (χ0n) is 13.4. The molecule has 23 heavy (non-hydrogen) atoms. The van der Waals surface area contributed by atoms with Crippen LogP contribution in [0.15, 0.2) is 6.07 Å². The smallest absolute Gasteiger partial charge is 0.223 e. The molecule has 8 heteroatoms. The molecule has 1 unspecified atom stereocenters. The van der Waals surface area contributed by atoms with Gasteiger partial charge in [-0.05, 0) is 18.9 Å². The average molecular weight is 341 g/mol. The third-order valence-electron chi connectivity index (χ3n) is 4.49. The Balaban J connectivity index is 1.37. The van der Waals surface area contributed by atoms with E-state index in [0.29, 0.717) is 16.9 Å². The molecule has 0 amide bonds. The normalized spacial score (nSPS) is 23.3. The second-order valence-electron chi connectivity index (χ2n) is 6.22. The van der Waals surface area contributed by atoms with Crippen molar-refractivity contribution in [2.75, 3.05) is 70.1 Å². The van der Waals surface area contributed by atoms with E-state index in [-0.39, 0.29) is 5.95 Å². The van der Waals surface area contributed by atoms with Crippen molar-refractivity contribution >= 4 is 23.4 Å². The molecule has 2 aliphatic heterocycles. The first-order valence-corrected chi connectivity index (χ1v) is 8.63. The van der Waals surface area contributed by atoms with Crippen molar-refractivity contribution < 1.29 is 4.74 Å². The number of morpholine rings is 1. The molecule has 2 aliphatic rings. The lowest BCUT2D eigenvalue weighted by molar-refractivity contribution is 0.0343. The minimum Gasteiger partial charge on any atom is -0.379 e. The molecule has 1 aromatic heterocycles. The lowest BCUT2D eigenvalue weighted by Crippen LogP contribution is -2.41. The summed E-state index contributed by atoms with van der Waals surface area (Å²) >= 11 is 5.89. The Labute approximate surface area is 142 Å². The van der Waals surface area contributed by atoms with Gasteiger partial charge in [0.05, 0.1) is 13.2 Å². The first kappa shape index (κ1) is 16.7. The number of rotatable bonds is 6. The Morgan fingerprint density at radius 2 is 2.00 bits per heavy atom. The van der Waals surface area contributed by atoms with Crippen LogP contribution in [0.2, 0.25) is 5.15 Å². The predicted octanol–water partition coefficient (Wildman–Crippen LogP) is 0.778. The number of aromatic nitrogens is 2. The van der Waals surface area contributed by atoms with Crippen molar-refractivity contribution in [3.05, 3.63) is 11.2 Å². The lowest BCUT2D eigenvalue weighted by Gasteiger charge is -2.28. The molecule has 0 aliphatic carbocycles. The van der Waals surface area contributed by atoms with Crippen molar-refractivity contribution in [3.8, 4) is 0 Å². The van der Waals surface area contributed by atoms with E-state index < -0.39 is 0 Å². The standard InChI is InChI=1S/C15H25ClN6O/c16-13-9-14(20-15(17)19-13)18-10-12-1-2-22(11-12)4-3-21-5-7-23-8-6-21/h9,12H,1-8,10-11H2,(H3,17,18,19,20). The molecule has 7 nitrogen and oxygen atoms in total. The predicted molar refractivity (Wildman–Crippen MR) is 91.8 cm³/mol. The van der Waals surface area contributed by atoms with Crippen LogP contribution in [0.3, 0.4) is 0 Å². The monoisotopic (exact) mass is 340 g/mol. The molecular formula is C15H25ClN6O. The van der Waals surface area contributed by atoms with Crippen molar-refractivity contribution in [3.63, 3.8) is 0 Å². The number of hydrogen-bond donors (Lipinski definition) is 2. The first-order valence-electron chi connectivity index (χ1n) is 8.25. The number of halogens is 1. The number of nitrogens with zero attached hydrogens (tertiary/aromatic N) is 4. The Bertz CT molecular complexity index is 490. The fraction of sp³-hybridized carbons (Fsp3) is 0.733. The van der Waals surface area contributed by atoms with E-state index in [1.165, 1.54) is 13.0 Å². The summed E-state index contributed by atoms with van der Waals surface area (Å²) < 4.78 is 5.39. The van der Waals surface area contributed by atoms with Gasteiger partial charge in [0, 0.05) is 45.3 Å². The van der Waals surface area contributed by atoms with Gasteiger partial charge in [-0.25, -0.2) is 4.98 Å². The van der Waals surface area contributed by atoms with Gasteiger partial charge in [0.15, 0.2) is 0 Å². The van der Waals surface area contributed by atoms with Gasteiger partial charge in [-0.1, -0.05) is 11.6 Å². The molecule has 128 valence electrons. The van der Waals surface area contributed by atoms with Gasteiger partial charge in [-0.3, -0.25) is 4.90 Å². The molecule has 1 atom stereocenters. The van der Waals surface area contributed by atoms with E-state index in [1.807, 2.05) is 0 Å². The number of nitrogens with one attached hydrogen (secondary N) is 1. The Kier molecular flexibility index (Phi) is 5.88. The van der Waals surface area contributed by atoms with E-state index in [4.69, 9.17) is 22.1 Å². The van der Waals surface area contributed by atoms with Crippen LogP contribution in [-0.4, -0.2) is 78.8 Å². The highest BCUT2D eigenvalue weighted by Crippen LogP contribution is 2.18. The molecule has 0 bridgehead atoms. The van der Waals surface area contributed by atoms with E-state index in [9.17, 15) is 0 Å². The molecule has 2 saturated heterocycles. The molecule has 0 radical (unpaired) electrons. The molecule has 3 N–H and O–H groups in total. The Morgan fingerprint density at radius 1 is 1.22 bits per heavy atom. The maximum Gasteiger partial charge on any atom is 0.223 e. The van der Waals surface area contributed by atoms with Crippen LogP contribution in [0, 0.1) is 5.92 Å². The highest BCUT2D eigenvalue weighted by molar-refractivity contribution is 6.29. The third-order valence-corrected chi connectivity index (χ3v) is 4.68. The van der Waals surface area contributed by atoms with Gasteiger partial charge in [0.1, 0.15) is 11.0 Å². The number of ether oxygens (including phenoxy) is 1. The van der Waals surface area contributed by atoms with Crippen LogP contribution in [0.4, 0.5) is 11.8 Å². The summed E-state index contributed by atoms with van der Waals surface area (Å²) in [6, 6.07) is 1.71. The SMILES string of the molecule is Nc1nc(Cl)cc(NCC2CCN(CCN3CCOCC3)C2)n1. The summed E-state index contributed by atoms with van der Waals surface area (Å²) in [4.78, 5) is 13.0. The van der Waals surface area contributed by atoms with E-state index >= 15 is 0 Å². The van der Waals surface area contributed by atoms with E-state index in [0.717, 1.165) is 52.5 Å². The van der Waals surface area contributed by atoms with Gasteiger partial charge >= 0.3 is 0 Å². The van der Waals surface area contributed by atoms with Crippen molar-refractivity contribution in [1.82, 2.24) is 19.8 Å². The van der Waals surface area contributed by atoms with Gasteiger partial charge in [-0.2, -0.15) is 4.98 Å². The molecule has 2 fully saturated rings. The maximum absolute atomic E-state index is 5.89. The summed E-state index contributed by atoms with van der Waals surface area (Å²) in [7, 11) is 0. The van der Waals surface area contributed by atoms with Crippen LogP contribution in [-0.2, 0) is 4.74 Å². The fourth-order valence-corrected chi connectivity index (χ4v) is 3.35. The molecule has 0 aromatic carbocycles. The molecule has 3 heterocycles. The molecule has 1 aromatic rings. The van der Waals surface area contributed by atoms with Crippen molar-refractivity contribution in [1.29, 1.82) is 0 Å². The number of nitrogens with two attached hydrogens (primary N) is 1. The summed E-state index contributed by atoms with van der Waals surface area (Å²) in [5.74, 6) is 1.54. The molecule has 0 saturated carbocycles. The molecule has 3 rings (SSSR count).